The first-order valence-corrected chi connectivity index (χ1v) is 15.9. The molecule has 0 aromatic rings. The van der Waals surface area contributed by atoms with E-state index in [0.29, 0.717) is 6.42 Å². The molecule has 0 amide bonds. The molecule has 1 saturated heterocycles. The predicted octanol–water partition coefficient (Wildman–Crippen LogP) is 4.69. The van der Waals surface area contributed by atoms with E-state index in [1.54, 1.807) is 26.0 Å². The Morgan fingerprint density at radius 2 is 1.68 bits per heavy atom. The number of aliphatic hydroxyl groups is 4. The summed E-state index contributed by atoms with van der Waals surface area (Å²) in [5.41, 5.74) is 1.78. The van der Waals surface area contributed by atoms with Gasteiger partial charge in [0.05, 0.1) is 31.5 Å². The van der Waals surface area contributed by atoms with Crippen molar-refractivity contribution in [1.29, 1.82) is 0 Å². The van der Waals surface area contributed by atoms with Gasteiger partial charge in [-0.05, 0) is 38.2 Å². The van der Waals surface area contributed by atoms with Gasteiger partial charge in [0.15, 0.2) is 5.79 Å². The van der Waals surface area contributed by atoms with Gasteiger partial charge in [0.1, 0.15) is 12.2 Å². The molecule has 2 rings (SSSR count). The second kappa shape index (κ2) is 16.5. The Labute approximate surface area is 264 Å². The number of hydrogen-bond donors (Lipinski definition) is 4. The van der Waals surface area contributed by atoms with Crippen molar-refractivity contribution in [3.8, 4) is 0 Å². The van der Waals surface area contributed by atoms with E-state index in [2.05, 4.69) is 0 Å². The number of allylic oxidation sites excluding steroid dienone is 5. The Morgan fingerprint density at radius 1 is 1.05 bits per heavy atom. The summed E-state index contributed by atoms with van der Waals surface area (Å²) in [5.74, 6) is -4.49. The van der Waals surface area contributed by atoms with Crippen molar-refractivity contribution in [2.45, 2.75) is 118 Å². The smallest absolute Gasteiger partial charge is 0.373 e. The lowest BCUT2D eigenvalue weighted by atomic mass is 9.76. The summed E-state index contributed by atoms with van der Waals surface area (Å²) in [6.45, 7) is 17.0. The van der Waals surface area contributed by atoms with Crippen LogP contribution >= 0.6 is 0 Å². The van der Waals surface area contributed by atoms with Crippen LogP contribution in [0.3, 0.4) is 0 Å². The van der Waals surface area contributed by atoms with Gasteiger partial charge < -0.3 is 39.4 Å². The fourth-order valence-electron chi connectivity index (χ4n) is 6.54. The number of esters is 1. The van der Waals surface area contributed by atoms with Gasteiger partial charge in [0.2, 0.25) is 5.76 Å². The summed E-state index contributed by atoms with van der Waals surface area (Å²) < 4.78 is 23.4. The van der Waals surface area contributed by atoms with Gasteiger partial charge in [-0.1, -0.05) is 83.9 Å². The lowest BCUT2D eigenvalue weighted by Gasteiger charge is -2.49. The molecule has 0 bridgehead atoms. The second-order valence-electron chi connectivity index (χ2n) is 13.6. The largest absolute Gasteiger partial charge is 0.490 e. The number of methoxy groups -OCH3 is 2. The molecule has 0 aromatic heterocycles. The molecular weight excluding hydrogens is 564 g/mol. The number of rotatable bonds is 7. The van der Waals surface area contributed by atoms with Crippen LogP contribution in [0.1, 0.15) is 75.2 Å². The summed E-state index contributed by atoms with van der Waals surface area (Å²) >= 11 is 0. The van der Waals surface area contributed by atoms with Crippen LogP contribution in [0, 0.1) is 35.5 Å². The first-order chi connectivity index (χ1) is 20.5. The van der Waals surface area contributed by atoms with Gasteiger partial charge in [-0.3, -0.25) is 0 Å². The topological polar surface area (TPSA) is 135 Å². The Kier molecular flexibility index (Phi) is 14.3. The van der Waals surface area contributed by atoms with E-state index in [0.717, 1.165) is 11.1 Å². The third-order valence-corrected chi connectivity index (χ3v) is 9.50. The molecule has 252 valence electrons. The Balaban J connectivity index is 2.52. The Hall–Kier alpha value is -2.01. The minimum absolute atomic E-state index is 0.00492. The zero-order valence-corrected chi connectivity index (χ0v) is 28.6. The Morgan fingerprint density at radius 3 is 2.25 bits per heavy atom. The molecule has 2 heterocycles. The van der Waals surface area contributed by atoms with Crippen LogP contribution in [-0.4, -0.2) is 83.0 Å². The van der Waals surface area contributed by atoms with Crippen molar-refractivity contribution < 1.29 is 44.2 Å². The van der Waals surface area contributed by atoms with Gasteiger partial charge in [0.25, 0.3) is 0 Å². The van der Waals surface area contributed by atoms with Gasteiger partial charge >= 0.3 is 5.97 Å². The summed E-state index contributed by atoms with van der Waals surface area (Å²) in [6.07, 6.45) is 4.85. The zero-order valence-electron chi connectivity index (χ0n) is 28.6. The minimum Gasteiger partial charge on any atom is -0.490 e. The highest BCUT2D eigenvalue weighted by Gasteiger charge is 2.51. The van der Waals surface area contributed by atoms with Crippen LogP contribution in [0.4, 0.5) is 0 Å². The molecule has 0 saturated carbocycles. The van der Waals surface area contributed by atoms with Crippen LogP contribution in [0.15, 0.2) is 47.3 Å². The van der Waals surface area contributed by atoms with Gasteiger partial charge in [-0.2, -0.15) is 0 Å². The average molecular weight is 623 g/mol. The van der Waals surface area contributed by atoms with Crippen LogP contribution in [0.5, 0.6) is 0 Å². The van der Waals surface area contributed by atoms with Gasteiger partial charge in [-0.15, -0.1) is 0 Å². The zero-order chi connectivity index (χ0) is 33.5. The summed E-state index contributed by atoms with van der Waals surface area (Å²) in [5, 5.41) is 45.0. The van der Waals surface area contributed by atoms with Gasteiger partial charge in [0, 0.05) is 37.2 Å². The molecule has 2 aliphatic heterocycles. The standard InChI is InChI=1S/C35H58O9/c1-19(2)32-24(7)27(36)18-35(40,44-32)26(9)31(38)25(8)33-28(41-10)14-12-13-20(3)15-22(5)30(37)23(6)16-21(4)17-29(42-11)34(39)43-33/h12-14,16-17,19,22-28,30-33,36-38,40H,15,18H2,1-11H3/b14-12-,20-13+,21-16+,29-17+/t22-,23-,24+,25?,26+,27-,28+,30+,31?,32-,33-,35-/m1/s1. The van der Waals surface area contributed by atoms with E-state index < -0.39 is 60.2 Å². The maximum Gasteiger partial charge on any atom is 0.373 e. The maximum atomic E-state index is 13.5. The van der Waals surface area contributed by atoms with E-state index in [9.17, 15) is 25.2 Å². The van der Waals surface area contributed by atoms with E-state index in [-0.39, 0.29) is 35.9 Å². The highest BCUT2D eigenvalue weighted by molar-refractivity contribution is 5.87. The van der Waals surface area contributed by atoms with Crippen LogP contribution in [0.25, 0.3) is 0 Å². The van der Waals surface area contributed by atoms with Crippen LogP contribution in [0.2, 0.25) is 0 Å². The number of carbonyl (C=O) groups excluding carboxylic acids is 1. The monoisotopic (exact) mass is 622 g/mol. The molecule has 1 fully saturated rings. The number of cyclic esters (lactones) is 1. The highest BCUT2D eigenvalue weighted by atomic mass is 16.6. The van der Waals surface area contributed by atoms with E-state index in [1.807, 2.05) is 66.7 Å². The fourth-order valence-corrected chi connectivity index (χ4v) is 6.54. The van der Waals surface area contributed by atoms with Gasteiger partial charge in [-0.25, -0.2) is 4.79 Å². The van der Waals surface area contributed by atoms with Crippen molar-refractivity contribution in [2.75, 3.05) is 14.2 Å². The molecule has 44 heavy (non-hydrogen) atoms. The normalized spacial score (nSPS) is 41.2. The number of ether oxygens (including phenoxy) is 4. The molecule has 0 radical (unpaired) electrons. The second-order valence-corrected chi connectivity index (χ2v) is 13.6. The third kappa shape index (κ3) is 9.50. The molecule has 12 atom stereocenters. The minimum atomic E-state index is -1.80. The van der Waals surface area contributed by atoms with Crippen LogP contribution < -0.4 is 0 Å². The molecule has 4 N–H and O–H groups in total. The fraction of sp³-hybridized carbons (Fsp3) is 0.743. The van der Waals surface area contributed by atoms with Crippen LogP contribution in [-0.2, 0) is 23.7 Å². The first-order valence-electron chi connectivity index (χ1n) is 15.9. The van der Waals surface area contributed by atoms with Crippen molar-refractivity contribution >= 4 is 5.97 Å². The molecule has 2 unspecified atom stereocenters. The SMILES string of the molecule is CO/C1=C/C(C)=C/[C@@H](C)[C@@H](O)[C@H](C)C/C(C)=C/C=C\[C@H](OC)[C@@H](C(C)C(O)[C@H](C)[C@@]2(O)C[C@@H](O)[C@H](C)[C@@H](C(C)C)O2)OC1=O. The predicted molar refractivity (Wildman–Crippen MR) is 170 cm³/mol. The quantitative estimate of drug-likeness (QED) is 0.298. The van der Waals surface area contributed by atoms with E-state index in [4.69, 9.17) is 18.9 Å². The summed E-state index contributed by atoms with van der Waals surface area (Å²) in [7, 11) is 2.87. The maximum absolute atomic E-state index is 13.5. The summed E-state index contributed by atoms with van der Waals surface area (Å²) in [6, 6.07) is 0. The van der Waals surface area contributed by atoms with Crippen molar-refractivity contribution in [3.63, 3.8) is 0 Å². The first kappa shape index (κ1) is 38.2. The summed E-state index contributed by atoms with van der Waals surface area (Å²) in [4.78, 5) is 13.5. The number of aliphatic hydroxyl groups excluding tert-OH is 3. The van der Waals surface area contributed by atoms with E-state index >= 15 is 0 Å². The van der Waals surface area contributed by atoms with E-state index in [1.165, 1.54) is 14.2 Å². The third-order valence-electron chi connectivity index (χ3n) is 9.50. The van der Waals surface area contributed by atoms with Crippen molar-refractivity contribution in [1.82, 2.24) is 0 Å². The highest BCUT2D eigenvalue weighted by Crippen LogP contribution is 2.41. The number of carbonyl (C=O) groups is 1. The molecule has 0 spiro atoms. The molecule has 0 aromatic carbocycles. The molecule has 0 aliphatic carbocycles. The average Bonchev–Trinajstić information content (AvgIpc) is 2.96. The lowest BCUT2D eigenvalue weighted by molar-refractivity contribution is -0.328. The lowest BCUT2D eigenvalue weighted by Crippen LogP contribution is -2.59. The molecular formula is C35H58O9. The number of hydrogen-bond acceptors (Lipinski definition) is 9. The Bertz CT molecular complexity index is 1060. The molecule has 9 heteroatoms. The molecule has 9 nitrogen and oxygen atoms in total. The molecule has 2 aliphatic rings. The van der Waals surface area contributed by atoms with Crippen molar-refractivity contribution in [2.24, 2.45) is 35.5 Å². The van der Waals surface area contributed by atoms with Crippen molar-refractivity contribution in [3.05, 3.63) is 47.3 Å².